The minimum atomic E-state index is -3.60. The fourth-order valence-electron chi connectivity index (χ4n) is 8.21. The molecule has 1 aliphatic heterocycles. The molecule has 1 saturated heterocycles. The van der Waals surface area contributed by atoms with E-state index in [0.717, 1.165) is 25.7 Å². The van der Waals surface area contributed by atoms with Gasteiger partial charge in [0, 0.05) is 13.1 Å². The summed E-state index contributed by atoms with van der Waals surface area (Å²) in [6.45, 7) is 15.5. The molecule has 1 heterocycles. The quantitative estimate of drug-likeness (QED) is 0.146. The molecule has 5 amide bonds. The molecule has 5 atom stereocenters. The standard InChI is InChI=1S/C39H59N5O7S/c1-8-10-19-28(31(45)34(47)40-22-9-2)41-33(46)30-29-27(38(29,6)7)23-44(30)35(48)32(37(3,4)5)42-36(49)43-39(20-15-12-16-21-39)25-52(50,51)24-26-17-13-11-14-18-26/h9,11,13-14,17-18,27-30,32H,2,8,10,12,15-16,19-25H2,1,3-7H3,(H,40,47)(H,41,46)(H2,42,43,49)/t27?,28?,29?,30-,32+/m0/s1. The number of nitrogens with zero attached hydrogens (tertiary/aromatic N) is 1. The second-order valence-corrected chi connectivity index (χ2v) is 18.8. The van der Waals surface area contributed by atoms with Gasteiger partial charge in [-0.3, -0.25) is 19.2 Å². The monoisotopic (exact) mass is 741 g/mol. The number of fused-ring (bicyclic) bond motifs is 1. The molecule has 4 N–H and O–H groups in total. The molecule has 3 fully saturated rings. The van der Waals surface area contributed by atoms with E-state index >= 15 is 0 Å². The molecule has 0 radical (unpaired) electrons. The Balaban J connectivity index is 1.53. The predicted octanol–water partition coefficient (Wildman–Crippen LogP) is 4.05. The smallest absolute Gasteiger partial charge is 0.315 e. The van der Waals surface area contributed by atoms with Gasteiger partial charge in [0.2, 0.25) is 17.6 Å². The van der Waals surface area contributed by atoms with Crippen LogP contribution in [0.25, 0.3) is 0 Å². The van der Waals surface area contributed by atoms with Gasteiger partial charge >= 0.3 is 6.03 Å². The van der Waals surface area contributed by atoms with Gasteiger partial charge in [0.15, 0.2) is 9.84 Å². The number of carbonyl (C=O) groups excluding carboxylic acids is 5. The number of Topliss-reactive ketones (excluding diaryl/α,β-unsaturated/α-hetero) is 1. The first-order valence-corrected chi connectivity index (χ1v) is 20.5. The lowest BCUT2D eigenvalue weighted by Crippen LogP contribution is -2.64. The Morgan fingerprint density at radius 1 is 1.02 bits per heavy atom. The molecule has 288 valence electrons. The summed E-state index contributed by atoms with van der Waals surface area (Å²) in [5.41, 5.74) is -1.30. The first-order chi connectivity index (χ1) is 24.4. The van der Waals surface area contributed by atoms with Gasteiger partial charge < -0.3 is 26.2 Å². The summed E-state index contributed by atoms with van der Waals surface area (Å²) in [7, 11) is -3.60. The highest BCUT2D eigenvalue weighted by molar-refractivity contribution is 7.90. The Labute approximate surface area is 309 Å². The summed E-state index contributed by atoms with van der Waals surface area (Å²) in [5.74, 6) is -2.96. The topological polar surface area (TPSA) is 171 Å². The van der Waals surface area contributed by atoms with E-state index in [1.165, 1.54) is 11.0 Å². The van der Waals surface area contributed by atoms with Crippen LogP contribution in [0.1, 0.15) is 98.5 Å². The average Bonchev–Trinajstić information content (AvgIpc) is 3.37. The van der Waals surface area contributed by atoms with E-state index in [0.29, 0.717) is 31.4 Å². The molecule has 0 spiro atoms. The van der Waals surface area contributed by atoms with Crippen molar-refractivity contribution in [1.29, 1.82) is 0 Å². The van der Waals surface area contributed by atoms with E-state index in [1.54, 1.807) is 24.3 Å². The molecule has 4 rings (SSSR count). The zero-order valence-electron chi connectivity index (χ0n) is 31.8. The van der Waals surface area contributed by atoms with Gasteiger partial charge in [-0.1, -0.05) is 110 Å². The number of ketones is 1. The highest BCUT2D eigenvalue weighted by Crippen LogP contribution is 2.65. The van der Waals surface area contributed by atoms with Crippen molar-refractivity contribution in [3.8, 4) is 0 Å². The lowest BCUT2D eigenvalue weighted by molar-refractivity contribution is -0.145. The van der Waals surface area contributed by atoms with Crippen LogP contribution in [0.2, 0.25) is 0 Å². The molecule has 2 saturated carbocycles. The number of piperidine rings is 1. The summed E-state index contributed by atoms with van der Waals surface area (Å²) in [6, 6.07) is 5.33. The van der Waals surface area contributed by atoms with Gasteiger partial charge in [0.05, 0.1) is 23.1 Å². The van der Waals surface area contributed by atoms with E-state index in [2.05, 4.69) is 41.7 Å². The molecule has 13 heteroatoms. The minimum Gasteiger partial charge on any atom is -0.346 e. The number of benzene rings is 1. The Bertz CT molecular complexity index is 1600. The van der Waals surface area contributed by atoms with Gasteiger partial charge in [0.1, 0.15) is 12.1 Å². The van der Waals surface area contributed by atoms with Crippen molar-refractivity contribution in [2.24, 2.45) is 22.7 Å². The SMILES string of the molecule is C=CCNC(=O)C(=O)C(CCCC)NC(=O)[C@@H]1C2C(CN1C(=O)[C@@H](NC(=O)NC1(CS(=O)(=O)Cc3ccccc3)CCCCC1)C(C)(C)C)C2(C)C. The van der Waals surface area contributed by atoms with Crippen LogP contribution in [0.15, 0.2) is 43.0 Å². The molecule has 52 heavy (non-hydrogen) atoms. The van der Waals surface area contributed by atoms with Crippen molar-refractivity contribution in [3.05, 3.63) is 48.6 Å². The van der Waals surface area contributed by atoms with Crippen molar-refractivity contribution in [1.82, 2.24) is 26.2 Å². The zero-order chi connectivity index (χ0) is 38.5. The van der Waals surface area contributed by atoms with Gasteiger partial charge in [-0.15, -0.1) is 6.58 Å². The lowest BCUT2D eigenvalue weighted by Gasteiger charge is -2.40. The predicted molar refractivity (Wildman–Crippen MR) is 201 cm³/mol. The van der Waals surface area contributed by atoms with E-state index in [-0.39, 0.29) is 41.7 Å². The van der Waals surface area contributed by atoms with E-state index in [1.807, 2.05) is 33.8 Å². The summed E-state index contributed by atoms with van der Waals surface area (Å²) in [5, 5.41) is 11.2. The van der Waals surface area contributed by atoms with Crippen molar-refractivity contribution in [2.75, 3.05) is 18.8 Å². The number of hydrogen-bond donors (Lipinski definition) is 4. The Morgan fingerprint density at radius 3 is 2.27 bits per heavy atom. The van der Waals surface area contributed by atoms with Crippen LogP contribution in [0.4, 0.5) is 4.79 Å². The van der Waals surface area contributed by atoms with Crippen molar-refractivity contribution < 1.29 is 32.4 Å². The summed E-state index contributed by atoms with van der Waals surface area (Å²) < 4.78 is 26.9. The first kappa shape index (κ1) is 41.0. The average molecular weight is 742 g/mol. The summed E-state index contributed by atoms with van der Waals surface area (Å²) >= 11 is 0. The number of carbonyl (C=O) groups is 5. The third-order valence-corrected chi connectivity index (χ3v) is 12.9. The zero-order valence-corrected chi connectivity index (χ0v) is 32.6. The first-order valence-electron chi connectivity index (χ1n) is 18.7. The Morgan fingerprint density at radius 2 is 1.67 bits per heavy atom. The van der Waals surface area contributed by atoms with Crippen molar-refractivity contribution in [2.45, 2.75) is 122 Å². The number of unbranched alkanes of at least 4 members (excludes halogenated alkanes) is 1. The molecule has 0 bridgehead atoms. The van der Waals surface area contributed by atoms with Crippen molar-refractivity contribution >= 4 is 39.4 Å². The Hall–Kier alpha value is -3.74. The largest absolute Gasteiger partial charge is 0.346 e. The molecule has 0 aromatic heterocycles. The highest BCUT2D eigenvalue weighted by Gasteiger charge is 2.70. The number of nitrogens with one attached hydrogen (secondary N) is 4. The number of sulfone groups is 1. The Kier molecular flexibility index (Phi) is 13.0. The highest BCUT2D eigenvalue weighted by atomic mass is 32.2. The number of urea groups is 1. The van der Waals surface area contributed by atoms with E-state index in [9.17, 15) is 32.4 Å². The maximum atomic E-state index is 14.5. The molecule has 1 aromatic carbocycles. The van der Waals surface area contributed by atoms with Crippen LogP contribution in [0.5, 0.6) is 0 Å². The van der Waals surface area contributed by atoms with Crippen molar-refractivity contribution in [3.63, 3.8) is 0 Å². The lowest BCUT2D eigenvalue weighted by atomic mass is 9.83. The second-order valence-electron chi connectivity index (χ2n) is 16.7. The summed E-state index contributed by atoms with van der Waals surface area (Å²) in [6.07, 6.45) is 6.57. The van der Waals surface area contributed by atoms with Crippen LogP contribution in [0.3, 0.4) is 0 Å². The molecule has 2 aliphatic carbocycles. The normalized spacial score (nSPS) is 23.0. The molecule has 3 aliphatic rings. The van der Waals surface area contributed by atoms with Crippen LogP contribution < -0.4 is 21.3 Å². The van der Waals surface area contributed by atoms with Gasteiger partial charge in [0.25, 0.3) is 5.91 Å². The third-order valence-electron chi connectivity index (χ3n) is 11.2. The molecule has 12 nitrogen and oxygen atoms in total. The number of likely N-dealkylation sites (tertiary alicyclic amines) is 1. The van der Waals surface area contributed by atoms with Crippen LogP contribution in [-0.2, 0) is 34.8 Å². The van der Waals surface area contributed by atoms with Gasteiger partial charge in [-0.25, -0.2) is 13.2 Å². The second kappa shape index (κ2) is 16.5. The minimum absolute atomic E-state index is 0.0441. The maximum absolute atomic E-state index is 14.5. The van der Waals surface area contributed by atoms with Crippen LogP contribution in [-0.4, -0.2) is 85.4 Å². The van der Waals surface area contributed by atoms with E-state index in [4.69, 9.17) is 0 Å². The van der Waals surface area contributed by atoms with Crippen LogP contribution in [0, 0.1) is 22.7 Å². The third kappa shape index (κ3) is 9.81. The maximum Gasteiger partial charge on any atom is 0.315 e. The van der Waals surface area contributed by atoms with E-state index < -0.39 is 68.5 Å². The molecule has 3 unspecified atom stereocenters. The molecular weight excluding hydrogens is 683 g/mol. The fourth-order valence-corrected chi connectivity index (χ4v) is 10.2. The number of amides is 5. The number of hydrogen-bond acceptors (Lipinski definition) is 7. The van der Waals surface area contributed by atoms with Gasteiger partial charge in [-0.05, 0) is 47.5 Å². The van der Waals surface area contributed by atoms with Crippen LogP contribution >= 0.6 is 0 Å². The number of rotatable bonds is 16. The fraction of sp³-hybridized carbons (Fsp3) is 0.667. The van der Waals surface area contributed by atoms with Gasteiger partial charge in [-0.2, -0.15) is 0 Å². The molecular formula is C39H59N5O7S. The molecule has 1 aromatic rings. The summed E-state index contributed by atoms with van der Waals surface area (Å²) in [4.78, 5) is 69.7.